The predicted molar refractivity (Wildman–Crippen MR) is 135 cm³/mol. The van der Waals surface area contributed by atoms with Crippen molar-refractivity contribution in [3.8, 4) is 0 Å². The topological polar surface area (TPSA) is 98.0 Å². The van der Waals surface area contributed by atoms with Crippen LogP contribution in [0.3, 0.4) is 0 Å². The fourth-order valence-corrected chi connectivity index (χ4v) is 5.03. The Hall–Kier alpha value is -3.27. The van der Waals surface area contributed by atoms with E-state index >= 15 is 0 Å². The number of aliphatic hydroxyl groups excluding tert-OH is 1. The zero-order chi connectivity index (χ0) is 24.2. The Labute approximate surface area is 205 Å². The van der Waals surface area contributed by atoms with Gasteiger partial charge in [0.05, 0.1) is 12.6 Å². The molecular formula is C26H33N7O2. The van der Waals surface area contributed by atoms with Crippen molar-refractivity contribution in [2.45, 2.75) is 32.0 Å². The van der Waals surface area contributed by atoms with E-state index in [0.29, 0.717) is 24.9 Å². The van der Waals surface area contributed by atoms with Crippen molar-refractivity contribution in [1.29, 1.82) is 0 Å². The van der Waals surface area contributed by atoms with Crippen LogP contribution in [0.2, 0.25) is 0 Å². The molecule has 2 aromatic heterocycles. The van der Waals surface area contributed by atoms with Gasteiger partial charge in [-0.1, -0.05) is 36.4 Å². The molecule has 2 aliphatic heterocycles. The number of fused-ring (bicyclic) bond motifs is 3. The number of hydrogen-bond donors (Lipinski definition) is 3. The van der Waals surface area contributed by atoms with Crippen LogP contribution in [0.15, 0.2) is 55.0 Å². The lowest BCUT2D eigenvalue weighted by molar-refractivity contribution is -0.126. The summed E-state index contributed by atoms with van der Waals surface area (Å²) >= 11 is 0. The highest BCUT2D eigenvalue weighted by Gasteiger charge is 2.25. The molecule has 1 saturated heterocycles. The van der Waals surface area contributed by atoms with Crippen LogP contribution in [0.4, 0.5) is 5.82 Å². The van der Waals surface area contributed by atoms with Gasteiger partial charge in [0.2, 0.25) is 5.91 Å². The number of hydrogen-bond acceptors (Lipinski definition) is 7. The van der Waals surface area contributed by atoms with Crippen molar-refractivity contribution in [3.63, 3.8) is 0 Å². The first-order valence-electron chi connectivity index (χ1n) is 12.3. The van der Waals surface area contributed by atoms with E-state index in [4.69, 9.17) is 0 Å². The van der Waals surface area contributed by atoms with E-state index in [2.05, 4.69) is 32.5 Å². The fraction of sp³-hybridized carbons (Fsp3) is 0.423. The second kappa shape index (κ2) is 10.6. The Bertz CT molecular complexity index is 1190. The predicted octanol–water partition coefficient (Wildman–Crippen LogP) is 1.61. The van der Waals surface area contributed by atoms with Crippen molar-refractivity contribution in [1.82, 2.24) is 29.7 Å². The van der Waals surface area contributed by atoms with Crippen LogP contribution >= 0.6 is 0 Å². The highest BCUT2D eigenvalue weighted by molar-refractivity contribution is 5.88. The molecular weight excluding hydrogens is 442 g/mol. The Morgan fingerprint density at radius 1 is 1.31 bits per heavy atom. The van der Waals surface area contributed by atoms with E-state index in [-0.39, 0.29) is 18.6 Å². The molecule has 9 nitrogen and oxygen atoms in total. The summed E-state index contributed by atoms with van der Waals surface area (Å²) in [5.41, 5.74) is 4.14. The largest absolute Gasteiger partial charge is 0.394 e. The lowest BCUT2D eigenvalue weighted by atomic mass is 10.0. The maximum absolute atomic E-state index is 12.9. The van der Waals surface area contributed by atoms with E-state index < -0.39 is 0 Å². The molecule has 1 amide bonds. The minimum absolute atomic E-state index is 0.0444. The molecule has 5 rings (SSSR count). The van der Waals surface area contributed by atoms with Crippen LogP contribution in [0.1, 0.15) is 29.7 Å². The number of anilines is 1. The van der Waals surface area contributed by atoms with Crippen LogP contribution in [0.5, 0.6) is 0 Å². The second-order valence-corrected chi connectivity index (χ2v) is 9.35. The number of carbonyl (C=O) groups excluding carboxylic acids is 1. The molecule has 2 unspecified atom stereocenters. The maximum Gasteiger partial charge on any atom is 0.246 e. The number of nitrogens with zero attached hydrogens (tertiary/aromatic N) is 5. The normalized spacial score (nSPS) is 19.7. The third kappa shape index (κ3) is 5.22. The Morgan fingerprint density at radius 2 is 2.17 bits per heavy atom. The Balaban J connectivity index is 1.29. The third-order valence-electron chi connectivity index (χ3n) is 6.84. The van der Waals surface area contributed by atoms with Gasteiger partial charge in [-0.05, 0) is 30.0 Å². The minimum atomic E-state index is -0.272. The summed E-state index contributed by atoms with van der Waals surface area (Å²) in [5, 5.41) is 21.2. The quantitative estimate of drug-likeness (QED) is 0.447. The summed E-state index contributed by atoms with van der Waals surface area (Å²) in [6.07, 6.45) is 7.93. The number of benzene rings is 1. The van der Waals surface area contributed by atoms with Crippen LogP contribution in [0.25, 0.3) is 5.52 Å². The molecule has 0 aliphatic carbocycles. The monoisotopic (exact) mass is 475 g/mol. The Kier molecular flexibility index (Phi) is 7.08. The lowest BCUT2D eigenvalue weighted by Crippen LogP contribution is -2.49. The van der Waals surface area contributed by atoms with E-state index in [1.165, 1.54) is 6.33 Å². The van der Waals surface area contributed by atoms with Gasteiger partial charge < -0.3 is 20.6 Å². The minimum Gasteiger partial charge on any atom is -0.394 e. The number of nitrogens with one attached hydrogen (secondary N) is 2. The van der Waals surface area contributed by atoms with Gasteiger partial charge in [0, 0.05) is 57.6 Å². The zero-order valence-corrected chi connectivity index (χ0v) is 20.1. The SMILES string of the molecule is CC1CN(CC=CC(=O)N2CCc3c(cn4ncnc(NC(CO)c5ccccc5)c34)C2)CCN1. The number of aliphatic hydroxyl groups is 1. The molecule has 1 aromatic carbocycles. The molecule has 0 saturated carbocycles. The van der Waals surface area contributed by atoms with E-state index in [1.807, 2.05) is 52.0 Å². The molecule has 3 N–H and O–H groups in total. The van der Waals surface area contributed by atoms with Crippen LogP contribution in [0, 0.1) is 0 Å². The molecule has 2 aliphatic rings. The van der Waals surface area contributed by atoms with Gasteiger partial charge >= 0.3 is 0 Å². The van der Waals surface area contributed by atoms with Crippen molar-refractivity contribution in [2.24, 2.45) is 0 Å². The van der Waals surface area contributed by atoms with Crippen molar-refractivity contribution in [2.75, 3.05) is 44.6 Å². The third-order valence-corrected chi connectivity index (χ3v) is 6.84. The molecule has 1 fully saturated rings. The van der Waals surface area contributed by atoms with Gasteiger partial charge in [-0.3, -0.25) is 9.69 Å². The second-order valence-electron chi connectivity index (χ2n) is 9.35. The zero-order valence-electron chi connectivity index (χ0n) is 20.1. The molecule has 2 atom stereocenters. The van der Waals surface area contributed by atoms with Gasteiger partial charge in [-0.2, -0.15) is 5.10 Å². The average Bonchev–Trinajstić information content (AvgIpc) is 3.26. The summed E-state index contributed by atoms with van der Waals surface area (Å²) in [4.78, 5) is 21.6. The van der Waals surface area contributed by atoms with Crippen LogP contribution in [-0.2, 0) is 17.8 Å². The molecule has 0 radical (unpaired) electrons. The van der Waals surface area contributed by atoms with Gasteiger partial charge in [0.1, 0.15) is 11.8 Å². The molecule has 0 spiro atoms. The maximum atomic E-state index is 12.9. The summed E-state index contributed by atoms with van der Waals surface area (Å²) in [5.74, 6) is 0.733. The molecule has 4 heterocycles. The number of amides is 1. The number of carbonyl (C=O) groups is 1. The van der Waals surface area contributed by atoms with E-state index in [1.54, 1.807) is 6.08 Å². The first kappa shape index (κ1) is 23.5. The fourth-order valence-electron chi connectivity index (χ4n) is 5.03. The molecule has 184 valence electrons. The van der Waals surface area contributed by atoms with Gasteiger partial charge in [0.15, 0.2) is 5.82 Å². The summed E-state index contributed by atoms with van der Waals surface area (Å²) in [6.45, 7) is 7.13. The molecule has 0 bridgehead atoms. The molecule has 9 heteroatoms. The highest BCUT2D eigenvalue weighted by Crippen LogP contribution is 2.30. The standard InChI is InChI=1S/C26H33N7O2/c1-19-14-31(13-10-27-19)11-5-8-24(35)32-12-9-22-21(15-32)16-33-25(22)26(28-18-29-33)30-23(17-34)20-6-3-2-4-7-20/h2-8,16,18-19,23,27,34H,9-15,17H2,1H3,(H,28,29,30). The van der Waals surface area contributed by atoms with Crippen LogP contribution in [-0.4, -0.2) is 80.8 Å². The molecule has 35 heavy (non-hydrogen) atoms. The van der Waals surface area contributed by atoms with Crippen molar-refractivity contribution < 1.29 is 9.90 Å². The average molecular weight is 476 g/mol. The van der Waals surface area contributed by atoms with Gasteiger partial charge in [-0.25, -0.2) is 9.50 Å². The first-order chi connectivity index (χ1) is 17.1. The lowest BCUT2D eigenvalue weighted by Gasteiger charge is -2.31. The molecule has 3 aromatic rings. The van der Waals surface area contributed by atoms with Gasteiger partial charge in [0.25, 0.3) is 0 Å². The first-order valence-corrected chi connectivity index (χ1v) is 12.3. The summed E-state index contributed by atoms with van der Waals surface area (Å²) in [7, 11) is 0. The summed E-state index contributed by atoms with van der Waals surface area (Å²) < 4.78 is 1.83. The number of rotatable bonds is 7. The van der Waals surface area contributed by atoms with Gasteiger partial charge in [-0.15, -0.1) is 0 Å². The van der Waals surface area contributed by atoms with E-state index in [0.717, 1.165) is 54.8 Å². The number of aromatic nitrogens is 3. The van der Waals surface area contributed by atoms with E-state index in [9.17, 15) is 9.90 Å². The van der Waals surface area contributed by atoms with Crippen molar-refractivity contribution >= 4 is 17.2 Å². The summed E-state index contributed by atoms with van der Waals surface area (Å²) in [6, 6.07) is 10.1. The highest BCUT2D eigenvalue weighted by atomic mass is 16.3. The smallest absolute Gasteiger partial charge is 0.246 e. The number of piperazine rings is 1. The van der Waals surface area contributed by atoms with Crippen LogP contribution < -0.4 is 10.6 Å². The Morgan fingerprint density at radius 3 is 2.97 bits per heavy atom. The van der Waals surface area contributed by atoms with Crippen molar-refractivity contribution in [3.05, 3.63) is 71.7 Å².